The summed E-state index contributed by atoms with van der Waals surface area (Å²) in [5, 5.41) is 12.5. The van der Waals surface area contributed by atoms with Gasteiger partial charge in [0.05, 0.1) is 11.5 Å². The number of nitrogens with one attached hydrogen (secondary N) is 1. The maximum Gasteiger partial charge on any atom is 0.150 e. The van der Waals surface area contributed by atoms with Gasteiger partial charge in [0, 0.05) is 24.7 Å². The SMILES string of the molecule is CC(CO)C(C)NC1(CN)CCS(=O)(=O)CC1. The molecule has 0 spiro atoms. The van der Waals surface area contributed by atoms with Crippen molar-refractivity contribution in [3.8, 4) is 0 Å². The van der Waals surface area contributed by atoms with Crippen molar-refractivity contribution >= 4 is 9.84 Å². The number of sulfone groups is 1. The average Bonchev–Trinajstić information content (AvgIpc) is 2.31. The van der Waals surface area contributed by atoms with Crippen LogP contribution < -0.4 is 11.1 Å². The van der Waals surface area contributed by atoms with Crippen LogP contribution in [0.2, 0.25) is 0 Å². The van der Waals surface area contributed by atoms with Crippen LogP contribution in [0.15, 0.2) is 0 Å². The van der Waals surface area contributed by atoms with Crippen LogP contribution in [0.1, 0.15) is 26.7 Å². The molecule has 4 N–H and O–H groups in total. The summed E-state index contributed by atoms with van der Waals surface area (Å²) < 4.78 is 22.8. The van der Waals surface area contributed by atoms with E-state index in [1.807, 2.05) is 13.8 Å². The Kier molecular flexibility index (Phi) is 4.95. The van der Waals surface area contributed by atoms with Crippen molar-refractivity contribution < 1.29 is 13.5 Å². The Morgan fingerprint density at radius 3 is 2.29 bits per heavy atom. The normalized spacial score (nSPS) is 26.4. The minimum absolute atomic E-state index is 0.118. The number of hydrogen-bond donors (Lipinski definition) is 3. The molecule has 0 saturated carbocycles. The zero-order chi connectivity index (χ0) is 13.1. The molecule has 1 aliphatic rings. The van der Waals surface area contributed by atoms with E-state index in [-0.39, 0.29) is 35.6 Å². The lowest BCUT2D eigenvalue weighted by Gasteiger charge is -2.40. The Bertz CT molecular complexity index is 329. The summed E-state index contributed by atoms with van der Waals surface area (Å²) in [6, 6.07) is 0.129. The highest BCUT2D eigenvalue weighted by atomic mass is 32.2. The molecular weight excluding hydrogens is 240 g/mol. The van der Waals surface area contributed by atoms with Gasteiger partial charge >= 0.3 is 0 Å². The van der Waals surface area contributed by atoms with Crippen molar-refractivity contribution in [3.63, 3.8) is 0 Å². The van der Waals surface area contributed by atoms with Crippen LogP contribution in [0, 0.1) is 5.92 Å². The van der Waals surface area contributed by atoms with E-state index in [4.69, 9.17) is 10.8 Å². The topological polar surface area (TPSA) is 92.4 Å². The zero-order valence-corrected chi connectivity index (χ0v) is 11.5. The maximum absolute atomic E-state index is 11.4. The summed E-state index contributed by atoms with van der Waals surface area (Å²) in [4.78, 5) is 0. The standard InChI is InChI=1S/C11H24N2O3S/c1-9(7-14)10(2)13-11(8-12)3-5-17(15,16)6-4-11/h9-10,13-14H,3-8,12H2,1-2H3. The Balaban J connectivity index is 2.65. The van der Waals surface area contributed by atoms with E-state index >= 15 is 0 Å². The molecule has 0 bridgehead atoms. The van der Waals surface area contributed by atoms with Gasteiger partial charge in [-0.3, -0.25) is 0 Å². The highest BCUT2D eigenvalue weighted by Gasteiger charge is 2.37. The summed E-state index contributed by atoms with van der Waals surface area (Å²) in [5.74, 6) is 0.548. The minimum Gasteiger partial charge on any atom is -0.396 e. The third-order valence-corrected chi connectivity index (χ3v) is 5.50. The number of rotatable bonds is 5. The van der Waals surface area contributed by atoms with Gasteiger partial charge < -0.3 is 16.2 Å². The zero-order valence-electron chi connectivity index (χ0n) is 10.6. The van der Waals surface area contributed by atoms with Crippen LogP contribution >= 0.6 is 0 Å². The van der Waals surface area contributed by atoms with Crippen molar-refractivity contribution in [2.45, 2.75) is 38.3 Å². The molecule has 0 amide bonds. The van der Waals surface area contributed by atoms with Gasteiger partial charge in [-0.05, 0) is 25.7 Å². The van der Waals surface area contributed by atoms with Gasteiger partial charge in [-0.1, -0.05) is 6.92 Å². The Morgan fingerprint density at radius 1 is 1.35 bits per heavy atom. The smallest absolute Gasteiger partial charge is 0.150 e. The highest BCUT2D eigenvalue weighted by Crippen LogP contribution is 2.24. The molecule has 6 heteroatoms. The summed E-state index contributed by atoms with van der Waals surface area (Å²) in [7, 11) is -2.87. The number of aliphatic hydroxyl groups is 1. The predicted molar refractivity (Wildman–Crippen MR) is 68.5 cm³/mol. The fourth-order valence-corrected chi connectivity index (χ4v) is 3.73. The lowest BCUT2D eigenvalue weighted by atomic mass is 9.89. The second kappa shape index (κ2) is 5.65. The Labute approximate surface area is 104 Å². The summed E-state index contributed by atoms with van der Waals surface area (Å²) in [5.41, 5.74) is 5.51. The van der Waals surface area contributed by atoms with Gasteiger partial charge in [0.25, 0.3) is 0 Å². The molecule has 2 atom stereocenters. The fraction of sp³-hybridized carbons (Fsp3) is 1.00. The van der Waals surface area contributed by atoms with Gasteiger partial charge in [-0.2, -0.15) is 0 Å². The van der Waals surface area contributed by atoms with Crippen LogP contribution in [0.3, 0.4) is 0 Å². The number of aliphatic hydroxyl groups excluding tert-OH is 1. The molecule has 1 heterocycles. The molecule has 2 unspecified atom stereocenters. The molecule has 102 valence electrons. The monoisotopic (exact) mass is 264 g/mol. The van der Waals surface area contributed by atoms with E-state index in [0.29, 0.717) is 19.4 Å². The van der Waals surface area contributed by atoms with Gasteiger partial charge in [-0.25, -0.2) is 8.42 Å². The van der Waals surface area contributed by atoms with E-state index in [1.165, 1.54) is 0 Å². The van der Waals surface area contributed by atoms with E-state index in [9.17, 15) is 8.42 Å². The largest absolute Gasteiger partial charge is 0.396 e. The number of hydrogen-bond acceptors (Lipinski definition) is 5. The minimum atomic E-state index is -2.87. The van der Waals surface area contributed by atoms with Crippen molar-refractivity contribution in [1.82, 2.24) is 5.32 Å². The van der Waals surface area contributed by atoms with Gasteiger partial charge in [0.2, 0.25) is 0 Å². The summed E-state index contributed by atoms with van der Waals surface area (Å²) >= 11 is 0. The van der Waals surface area contributed by atoms with Crippen molar-refractivity contribution in [1.29, 1.82) is 0 Å². The van der Waals surface area contributed by atoms with Crippen LogP contribution in [-0.4, -0.2) is 49.8 Å². The molecule has 1 saturated heterocycles. The average molecular weight is 264 g/mol. The van der Waals surface area contributed by atoms with E-state index in [0.717, 1.165) is 0 Å². The fourth-order valence-electron chi connectivity index (χ4n) is 2.12. The molecular formula is C11H24N2O3S. The molecule has 1 aliphatic heterocycles. The van der Waals surface area contributed by atoms with Crippen LogP contribution in [0.4, 0.5) is 0 Å². The van der Waals surface area contributed by atoms with E-state index in [1.54, 1.807) is 0 Å². The molecule has 0 aromatic rings. The quantitative estimate of drug-likeness (QED) is 0.622. The Hall–Kier alpha value is -0.170. The highest BCUT2D eigenvalue weighted by molar-refractivity contribution is 7.91. The van der Waals surface area contributed by atoms with Crippen LogP contribution in [0.5, 0.6) is 0 Å². The summed E-state index contributed by atoms with van der Waals surface area (Å²) in [6.45, 7) is 4.51. The first-order valence-corrected chi connectivity index (χ1v) is 7.95. The number of nitrogens with two attached hydrogens (primary N) is 1. The molecule has 1 fully saturated rings. The van der Waals surface area contributed by atoms with Crippen molar-refractivity contribution in [3.05, 3.63) is 0 Å². The third kappa shape index (κ3) is 3.91. The first-order valence-electron chi connectivity index (χ1n) is 6.13. The molecule has 0 aliphatic carbocycles. The summed E-state index contributed by atoms with van der Waals surface area (Å²) in [6.07, 6.45) is 1.13. The molecule has 17 heavy (non-hydrogen) atoms. The first-order chi connectivity index (χ1) is 7.84. The second-order valence-corrected chi connectivity index (χ2v) is 7.53. The van der Waals surface area contributed by atoms with Crippen molar-refractivity contribution in [2.24, 2.45) is 11.7 Å². The lowest BCUT2D eigenvalue weighted by molar-refractivity contribution is 0.174. The first kappa shape index (κ1) is 14.9. The second-order valence-electron chi connectivity index (χ2n) is 5.23. The van der Waals surface area contributed by atoms with Gasteiger partial charge in [0.15, 0.2) is 0 Å². The predicted octanol–water partition coefficient (Wildman–Crippen LogP) is -0.501. The molecule has 1 rings (SSSR count). The maximum atomic E-state index is 11.4. The van der Waals surface area contributed by atoms with Crippen LogP contribution in [-0.2, 0) is 9.84 Å². The van der Waals surface area contributed by atoms with Crippen molar-refractivity contribution in [2.75, 3.05) is 24.7 Å². The molecule has 0 aromatic heterocycles. The molecule has 0 radical (unpaired) electrons. The van der Waals surface area contributed by atoms with Gasteiger partial charge in [0.1, 0.15) is 9.84 Å². The van der Waals surface area contributed by atoms with Crippen LogP contribution in [0.25, 0.3) is 0 Å². The lowest BCUT2D eigenvalue weighted by Crippen LogP contribution is -2.59. The Morgan fingerprint density at radius 2 is 1.88 bits per heavy atom. The third-order valence-electron chi connectivity index (χ3n) is 3.85. The molecule has 0 aromatic carbocycles. The van der Waals surface area contributed by atoms with E-state index in [2.05, 4.69) is 5.32 Å². The molecule has 5 nitrogen and oxygen atoms in total. The van der Waals surface area contributed by atoms with E-state index < -0.39 is 9.84 Å². The van der Waals surface area contributed by atoms with Gasteiger partial charge in [-0.15, -0.1) is 0 Å².